The number of hydrogen-bond donors (Lipinski definition) is 0. The van der Waals surface area contributed by atoms with Crippen LogP contribution in [0.3, 0.4) is 0 Å². The first kappa shape index (κ1) is 18.5. The lowest BCUT2D eigenvalue weighted by Gasteiger charge is -2.11. The molecule has 8 aromatic rings. The number of hydrogen-bond acceptors (Lipinski definition) is 4. The largest absolute Gasteiger partial charge is 0.464 e. The highest BCUT2D eigenvalue weighted by Crippen LogP contribution is 2.42. The summed E-state index contributed by atoms with van der Waals surface area (Å²) in [5.41, 5.74) is 7.24. The molecule has 0 N–H and O–H groups in total. The van der Waals surface area contributed by atoms with Crippen molar-refractivity contribution in [3.63, 3.8) is 0 Å². The van der Waals surface area contributed by atoms with E-state index in [0.29, 0.717) is 5.95 Å². The fraction of sp³-hybridized carbons (Fsp3) is 0. The van der Waals surface area contributed by atoms with E-state index < -0.39 is 0 Å². The van der Waals surface area contributed by atoms with Gasteiger partial charge < -0.3 is 8.83 Å². The third-order valence-corrected chi connectivity index (χ3v) is 6.71. The van der Waals surface area contributed by atoms with Crippen LogP contribution >= 0.6 is 0 Å². The highest BCUT2D eigenvalue weighted by Gasteiger charge is 2.23. The second-order valence-corrected chi connectivity index (χ2v) is 8.66. The topological polar surface area (TPSA) is 57.0 Å². The summed E-state index contributed by atoms with van der Waals surface area (Å²) in [7, 11) is 0. The van der Waals surface area contributed by atoms with Gasteiger partial charge in [0.05, 0.1) is 28.4 Å². The normalized spacial score (nSPS) is 12.0. The van der Waals surface area contributed by atoms with Crippen LogP contribution in [0.5, 0.6) is 0 Å². The second kappa shape index (κ2) is 6.81. The summed E-state index contributed by atoms with van der Waals surface area (Å²) in [6.07, 6.45) is 1.72. The Labute approximate surface area is 198 Å². The maximum absolute atomic E-state index is 6.43. The molecule has 0 aliphatic heterocycles. The summed E-state index contributed by atoms with van der Waals surface area (Å²) in [5, 5.41) is 4.05. The molecule has 0 saturated carbocycles. The van der Waals surface area contributed by atoms with Crippen LogP contribution in [0.25, 0.3) is 72.0 Å². The predicted molar refractivity (Wildman–Crippen MR) is 139 cm³/mol. The van der Waals surface area contributed by atoms with E-state index in [2.05, 4.69) is 34.9 Å². The Morgan fingerprint density at radius 3 is 2.34 bits per heavy atom. The average molecular weight is 451 g/mol. The quantitative estimate of drug-likeness (QED) is 0.268. The molecule has 0 spiro atoms. The molecule has 4 aromatic carbocycles. The van der Waals surface area contributed by atoms with Crippen LogP contribution in [0.4, 0.5) is 0 Å². The van der Waals surface area contributed by atoms with E-state index in [-0.39, 0.29) is 0 Å². The minimum atomic E-state index is 0.608. The molecule has 0 aliphatic rings. The Balaban J connectivity index is 1.58. The number of benzene rings is 4. The van der Waals surface area contributed by atoms with Gasteiger partial charge in [-0.1, -0.05) is 60.7 Å². The Kier molecular flexibility index (Phi) is 3.60. The summed E-state index contributed by atoms with van der Waals surface area (Å²) in [6, 6.07) is 32.6. The maximum Gasteiger partial charge on any atom is 0.235 e. The number of aromatic nitrogens is 3. The molecule has 0 fully saturated rings. The summed E-state index contributed by atoms with van der Waals surface area (Å²) in [4.78, 5) is 10.2. The number of nitrogens with zero attached hydrogens (tertiary/aromatic N) is 3. The molecule has 5 nitrogen and oxygen atoms in total. The number of rotatable bonds is 2. The van der Waals surface area contributed by atoms with Gasteiger partial charge in [0.1, 0.15) is 16.7 Å². The van der Waals surface area contributed by atoms with Crippen molar-refractivity contribution in [3.8, 4) is 17.2 Å². The van der Waals surface area contributed by atoms with Gasteiger partial charge in [-0.15, -0.1) is 0 Å². The molecule has 0 amide bonds. The fourth-order valence-electron chi connectivity index (χ4n) is 5.19. The van der Waals surface area contributed by atoms with E-state index in [0.717, 1.165) is 66.1 Å². The molecule has 4 heterocycles. The smallest absolute Gasteiger partial charge is 0.235 e. The number of fused-ring (bicyclic) bond motifs is 8. The number of furan rings is 2. The van der Waals surface area contributed by atoms with E-state index >= 15 is 0 Å². The summed E-state index contributed by atoms with van der Waals surface area (Å²) >= 11 is 0. The zero-order valence-electron chi connectivity index (χ0n) is 18.5. The average Bonchev–Trinajstić information content (AvgIpc) is 3.61. The third-order valence-electron chi connectivity index (χ3n) is 6.71. The van der Waals surface area contributed by atoms with E-state index in [9.17, 15) is 0 Å². The summed E-state index contributed by atoms with van der Waals surface area (Å²) in [5.74, 6) is 0.608. The lowest BCUT2D eigenvalue weighted by molar-refractivity contribution is 0.616. The van der Waals surface area contributed by atoms with Crippen molar-refractivity contribution in [1.29, 1.82) is 0 Å². The molecule has 5 heteroatoms. The van der Waals surface area contributed by atoms with Gasteiger partial charge in [0.2, 0.25) is 5.95 Å². The molecule has 8 rings (SSSR count). The third kappa shape index (κ3) is 2.52. The van der Waals surface area contributed by atoms with Gasteiger partial charge in [0.15, 0.2) is 5.58 Å². The SMILES string of the molecule is c1ccc(-c2nc(-n3c4ccc5occc5c4c4oc5ccccc5c43)nc3ccccc23)cc1. The van der Waals surface area contributed by atoms with Crippen LogP contribution < -0.4 is 0 Å². The van der Waals surface area contributed by atoms with Gasteiger partial charge in [-0.3, -0.25) is 4.57 Å². The Morgan fingerprint density at radius 2 is 1.43 bits per heavy atom. The fourth-order valence-corrected chi connectivity index (χ4v) is 5.19. The molecular formula is C30H17N3O2. The molecule has 0 bridgehead atoms. The Morgan fingerprint density at radius 1 is 0.629 bits per heavy atom. The molecular weight excluding hydrogens is 434 g/mol. The Hall–Kier alpha value is -4.90. The van der Waals surface area contributed by atoms with Gasteiger partial charge in [0.25, 0.3) is 0 Å². The van der Waals surface area contributed by atoms with Gasteiger partial charge in [-0.05, 0) is 36.4 Å². The molecule has 0 radical (unpaired) electrons. The highest BCUT2D eigenvalue weighted by molar-refractivity contribution is 6.23. The van der Waals surface area contributed by atoms with Crippen molar-refractivity contribution in [2.45, 2.75) is 0 Å². The van der Waals surface area contributed by atoms with Crippen molar-refractivity contribution >= 4 is 54.8 Å². The molecule has 0 unspecified atom stereocenters. The number of para-hydroxylation sites is 2. The molecule has 4 aromatic heterocycles. The first-order chi connectivity index (χ1) is 17.4. The minimum Gasteiger partial charge on any atom is -0.464 e. The molecule has 35 heavy (non-hydrogen) atoms. The van der Waals surface area contributed by atoms with Gasteiger partial charge in [-0.2, -0.15) is 0 Å². The summed E-state index contributed by atoms with van der Waals surface area (Å²) in [6.45, 7) is 0. The lowest BCUT2D eigenvalue weighted by atomic mass is 10.1. The molecule has 0 aliphatic carbocycles. The maximum atomic E-state index is 6.43. The first-order valence-electron chi connectivity index (χ1n) is 11.5. The van der Waals surface area contributed by atoms with Crippen LogP contribution in [-0.4, -0.2) is 14.5 Å². The van der Waals surface area contributed by atoms with Gasteiger partial charge in [-0.25, -0.2) is 9.97 Å². The van der Waals surface area contributed by atoms with E-state index in [4.69, 9.17) is 18.8 Å². The van der Waals surface area contributed by atoms with Crippen molar-refractivity contribution in [1.82, 2.24) is 14.5 Å². The van der Waals surface area contributed by atoms with Crippen LogP contribution in [0.2, 0.25) is 0 Å². The summed E-state index contributed by atoms with van der Waals surface area (Å²) < 4.78 is 14.3. The minimum absolute atomic E-state index is 0.608. The molecule has 0 saturated heterocycles. The second-order valence-electron chi connectivity index (χ2n) is 8.66. The zero-order valence-corrected chi connectivity index (χ0v) is 18.5. The first-order valence-corrected chi connectivity index (χ1v) is 11.5. The van der Waals surface area contributed by atoms with Crippen molar-refractivity contribution in [2.75, 3.05) is 0 Å². The zero-order chi connectivity index (χ0) is 22.9. The highest BCUT2D eigenvalue weighted by atomic mass is 16.3. The molecule has 0 atom stereocenters. The monoisotopic (exact) mass is 451 g/mol. The van der Waals surface area contributed by atoms with Crippen LogP contribution in [0, 0.1) is 0 Å². The predicted octanol–water partition coefficient (Wildman–Crippen LogP) is 7.89. The van der Waals surface area contributed by atoms with Crippen molar-refractivity contribution < 1.29 is 8.83 Å². The van der Waals surface area contributed by atoms with Crippen molar-refractivity contribution in [3.05, 3.63) is 103 Å². The van der Waals surface area contributed by atoms with Gasteiger partial charge >= 0.3 is 0 Å². The Bertz CT molecular complexity index is 2060. The van der Waals surface area contributed by atoms with E-state index in [1.54, 1.807) is 6.26 Å². The van der Waals surface area contributed by atoms with Gasteiger partial charge in [0, 0.05) is 21.7 Å². The lowest BCUT2D eigenvalue weighted by Crippen LogP contribution is -2.03. The standard InChI is InChI=1S/C30H17N3O2/c1-2-8-18(9-3-1)27-19-10-4-6-12-22(19)31-30(32-27)33-23-14-15-24-20(16-17-34-24)26(23)29-28(33)21-11-5-7-13-25(21)35-29/h1-17H. The van der Waals surface area contributed by atoms with Crippen LogP contribution in [-0.2, 0) is 0 Å². The van der Waals surface area contributed by atoms with Crippen LogP contribution in [0.1, 0.15) is 0 Å². The van der Waals surface area contributed by atoms with E-state index in [1.165, 1.54) is 0 Å². The molecule has 164 valence electrons. The van der Waals surface area contributed by atoms with E-state index in [1.807, 2.05) is 66.7 Å². The van der Waals surface area contributed by atoms with Crippen molar-refractivity contribution in [2.24, 2.45) is 0 Å². The van der Waals surface area contributed by atoms with Crippen LogP contribution in [0.15, 0.2) is 112 Å².